The third kappa shape index (κ3) is 2.00. The Labute approximate surface area is 96.4 Å². The van der Waals surface area contributed by atoms with E-state index < -0.39 is 11.9 Å². The van der Waals surface area contributed by atoms with Crippen LogP contribution in [0.15, 0.2) is 22.7 Å². The van der Waals surface area contributed by atoms with Crippen molar-refractivity contribution in [2.75, 3.05) is 5.73 Å². The van der Waals surface area contributed by atoms with Gasteiger partial charge >= 0.3 is 5.97 Å². The van der Waals surface area contributed by atoms with E-state index >= 15 is 0 Å². The fourth-order valence-electron chi connectivity index (χ4n) is 1.84. The second-order valence-electron chi connectivity index (χ2n) is 3.90. The van der Waals surface area contributed by atoms with Gasteiger partial charge in [-0.3, -0.25) is 4.79 Å². The summed E-state index contributed by atoms with van der Waals surface area (Å²) in [4.78, 5) is 11.2. The van der Waals surface area contributed by atoms with Gasteiger partial charge in [-0.15, -0.1) is 0 Å². The molecule has 15 heavy (non-hydrogen) atoms. The van der Waals surface area contributed by atoms with E-state index in [2.05, 4.69) is 15.9 Å². The largest absolute Gasteiger partial charge is 0.481 e. The van der Waals surface area contributed by atoms with Gasteiger partial charge < -0.3 is 10.8 Å². The number of carboxylic acid groups (broad SMARTS) is 1. The molecular weight excluding hydrogens is 258 g/mol. The summed E-state index contributed by atoms with van der Waals surface area (Å²) < 4.78 is 0.770. The molecule has 0 heterocycles. The van der Waals surface area contributed by atoms with Crippen molar-refractivity contribution < 1.29 is 9.90 Å². The smallest absolute Gasteiger partial charge is 0.311 e. The molecule has 0 saturated heterocycles. The molecule has 1 aliphatic rings. The lowest BCUT2D eigenvalue weighted by Crippen LogP contribution is -2.15. The van der Waals surface area contributed by atoms with E-state index in [0.717, 1.165) is 22.9 Å². The summed E-state index contributed by atoms with van der Waals surface area (Å²) >= 11 is 3.32. The minimum atomic E-state index is -0.776. The Hall–Kier alpha value is -1.03. The van der Waals surface area contributed by atoms with Crippen LogP contribution in [-0.4, -0.2) is 11.1 Å². The maximum Gasteiger partial charge on any atom is 0.311 e. The molecule has 0 aromatic heterocycles. The van der Waals surface area contributed by atoms with Crippen molar-refractivity contribution in [1.29, 1.82) is 0 Å². The molecule has 0 aliphatic heterocycles. The number of para-hydroxylation sites is 1. The molecule has 1 fully saturated rings. The van der Waals surface area contributed by atoms with E-state index in [4.69, 9.17) is 5.73 Å². The average Bonchev–Trinajstić information content (AvgIpc) is 2.96. The zero-order chi connectivity index (χ0) is 11.0. The summed E-state index contributed by atoms with van der Waals surface area (Å²) in [5.74, 6) is -0.955. The molecule has 0 amide bonds. The third-order valence-electron chi connectivity index (χ3n) is 2.78. The third-order valence-corrected chi connectivity index (χ3v) is 3.47. The number of aliphatic carboxylic acids is 1. The van der Waals surface area contributed by atoms with E-state index in [1.165, 1.54) is 0 Å². The number of anilines is 1. The molecule has 1 aliphatic carbocycles. The lowest BCUT2D eigenvalue weighted by molar-refractivity contribution is -0.139. The Balaban J connectivity index is 2.41. The van der Waals surface area contributed by atoms with Gasteiger partial charge in [0.2, 0.25) is 0 Å². The van der Waals surface area contributed by atoms with Crippen LogP contribution >= 0.6 is 15.9 Å². The fraction of sp³-hybridized carbons (Fsp3) is 0.364. The van der Waals surface area contributed by atoms with Crippen molar-refractivity contribution in [1.82, 2.24) is 0 Å². The topological polar surface area (TPSA) is 63.3 Å². The van der Waals surface area contributed by atoms with E-state index in [0.29, 0.717) is 5.69 Å². The first kappa shape index (κ1) is 10.5. The zero-order valence-corrected chi connectivity index (χ0v) is 9.70. The molecule has 1 unspecified atom stereocenters. The minimum Gasteiger partial charge on any atom is -0.481 e. The Morgan fingerprint density at radius 2 is 2.20 bits per heavy atom. The summed E-state index contributed by atoms with van der Waals surface area (Å²) in [6, 6.07) is 5.45. The Morgan fingerprint density at radius 1 is 1.53 bits per heavy atom. The van der Waals surface area contributed by atoms with Crippen LogP contribution in [0.5, 0.6) is 0 Å². The number of hydrogen-bond donors (Lipinski definition) is 2. The standard InChI is InChI=1S/C11H12BrNO2/c12-8-3-1-2-7(10(8)13)9(11(14)15)6-4-5-6/h1-3,6,9H,4-5,13H2,(H,14,15). The molecule has 3 N–H and O–H groups in total. The second kappa shape index (κ2) is 3.85. The van der Waals surface area contributed by atoms with Crippen molar-refractivity contribution >= 4 is 27.6 Å². The Bertz CT molecular complexity index is 402. The highest BCUT2D eigenvalue weighted by Crippen LogP contribution is 2.45. The maximum atomic E-state index is 11.2. The van der Waals surface area contributed by atoms with Crippen molar-refractivity contribution in [3.63, 3.8) is 0 Å². The summed E-state index contributed by atoms with van der Waals surface area (Å²) in [5, 5.41) is 9.18. The molecule has 1 aromatic rings. The van der Waals surface area contributed by atoms with Crippen LogP contribution in [0.4, 0.5) is 5.69 Å². The molecule has 1 atom stereocenters. The van der Waals surface area contributed by atoms with Crippen LogP contribution in [0.25, 0.3) is 0 Å². The van der Waals surface area contributed by atoms with Gasteiger partial charge in [0.25, 0.3) is 0 Å². The summed E-state index contributed by atoms with van der Waals surface area (Å²) in [6.07, 6.45) is 1.98. The van der Waals surface area contributed by atoms with Crippen LogP contribution in [0.3, 0.4) is 0 Å². The second-order valence-corrected chi connectivity index (χ2v) is 4.75. The van der Waals surface area contributed by atoms with Gasteiger partial charge in [0, 0.05) is 10.2 Å². The lowest BCUT2D eigenvalue weighted by Gasteiger charge is -2.14. The molecule has 0 spiro atoms. The van der Waals surface area contributed by atoms with Gasteiger partial charge in [-0.2, -0.15) is 0 Å². The number of nitrogens with two attached hydrogens (primary N) is 1. The average molecular weight is 270 g/mol. The van der Waals surface area contributed by atoms with E-state index in [-0.39, 0.29) is 5.92 Å². The quantitative estimate of drug-likeness (QED) is 0.830. The molecule has 0 radical (unpaired) electrons. The van der Waals surface area contributed by atoms with Crippen molar-refractivity contribution in [2.45, 2.75) is 18.8 Å². The molecule has 0 bridgehead atoms. The lowest BCUT2D eigenvalue weighted by atomic mass is 9.93. The number of nitrogen functional groups attached to an aromatic ring is 1. The van der Waals surface area contributed by atoms with Gasteiger partial charge in [-0.1, -0.05) is 12.1 Å². The van der Waals surface area contributed by atoms with E-state index in [1.54, 1.807) is 6.07 Å². The highest BCUT2D eigenvalue weighted by Gasteiger charge is 2.38. The van der Waals surface area contributed by atoms with Crippen LogP contribution < -0.4 is 5.73 Å². The summed E-state index contributed by atoms with van der Waals surface area (Å²) in [6.45, 7) is 0. The fourth-order valence-corrected chi connectivity index (χ4v) is 2.22. The van der Waals surface area contributed by atoms with Crippen LogP contribution in [0, 0.1) is 5.92 Å². The first-order valence-electron chi connectivity index (χ1n) is 4.88. The molecular formula is C11H12BrNO2. The molecule has 3 nitrogen and oxygen atoms in total. The van der Waals surface area contributed by atoms with Crippen molar-refractivity contribution in [3.8, 4) is 0 Å². The van der Waals surface area contributed by atoms with Gasteiger partial charge in [0.15, 0.2) is 0 Å². The molecule has 80 valence electrons. The highest BCUT2D eigenvalue weighted by atomic mass is 79.9. The number of carboxylic acids is 1. The number of benzene rings is 1. The predicted molar refractivity (Wildman–Crippen MR) is 61.7 cm³/mol. The number of rotatable bonds is 3. The molecule has 4 heteroatoms. The minimum absolute atomic E-state index is 0.263. The van der Waals surface area contributed by atoms with Crippen molar-refractivity contribution in [2.24, 2.45) is 5.92 Å². The summed E-state index contributed by atoms with van der Waals surface area (Å²) in [7, 11) is 0. The van der Waals surface area contributed by atoms with Gasteiger partial charge in [-0.05, 0) is 46.3 Å². The zero-order valence-electron chi connectivity index (χ0n) is 8.11. The first-order chi connectivity index (χ1) is 7.11. The van der Waals surface area contributed by atoms with Crippen LogP contribution in [0.1, 0.15) is 24.3 Å². The molecule has 2 rings (SSSR count). The van der Waals surface area contributed by atoms with E-state index in [1.807, 2.05) is 12.1 Å². The van der Waals surface area contributed by atoms with E-state index in [9.17, 15) is 9.90 Å². The van der Waals surface area contributed by atoms with Gasteiger partial charge in [0.05, 0.1) is 5.92 Å². The highest BCUT2D eigenvalue weighted by molar-refractivity contribution is 9.10. The normalized spacial score (nSPS) is 17.4. The molecule has 1 saturated carbocycles. The monoisotopic (exact) mass is 269 g/mol. The number of carbonyl (C=O) groups is 1. The van der Waals surface area contributed by atoms with Crippen LogP contribution in [0.2, 0.25) is 0 Å². The van der Waals surface area contributed by atoms with Gasteiger partial charge in [0.1, 0.15) is 0 Å². The number of halogens is 1. The number of hydrogen-bond acceptors (Lipinski definition) is 2. The van der Waals surface area contributed by atoms with Crippen LogP contribution in [-0.2, 0) is 4.79 Å². The summed E-state index contributed by atoms with van der Waals surface area (Å²) in [5.41, 5.74) is 7.16. The Kier molecular flexibility index (Phi) is 2.69. The van der Waals surface area contributed by atoms with Gasteiger partial charge in [-0.25, -0.2) is 0 Å². The van der Waals surface area contributed by atoms with Crippen molar-refractivity contribution in [3.05, 3.63) is 28.2 Å². The molecule has 1 aromatic carbocycles. The SMILES string of the molecule is Nc1c(Br)cccc1C(C(=O)O)C1CC1. The maximum absolute atomic E-state index is 11.2. The Morgan fingerprint density at radius 3 is 2.73 bits per heavy atom. The first-order valence-corrected chi connectivity index (χ1v) is 5.67. The predicted octanol–water partition coefficient (Wildman–Crippen LogP) is 2.61.